The Kier molecular flexibility index (Phi) is 9.11. The Morgan fingerprint density at radius 1 is 1.00 bits per heavy atom. The van der Waals surface area contributed by atoms with Crippen LogP contribution in [0, 0.1) is 11.8 Å². The molecule has 1 aromatic carbocycles. The van der Waals surface area contributed by atoms with Crippen molar-refractivity contribution >= 4 is 45.8 Å². The van der Waals surface area contributed by atoms with E-state index >= 15 is 0 Å². The largest absolute Gasteiger partial charge is 0.496 e. The zero-order chi connectivity index (χ0) is 33.4. The van der Waals surface area contributed by atoms with Gasteiger partial charge in [0.05, 0.1) is 25.2 Å². The summed E-state index contributed by atoms with van der Waals surface area (Å²) in [6, 6.07) is 7.51. The van der Waals surface area contributed by atoms with Gasteiger partial charge in [-0.15, -0.1) is 0 Å². The number of fused-ring (bicyclic) bond motifs is 1. The molecule has 12 nitrogen and oxygen atoms in total. The van der Waals surface area contributed by atoms with Crippen molar-refractivity contribution in [1.29, 1.82) is 0 Å². The first-order valence-corrected chi connectivity index (χ1v) is 17.1. The number of likely N-dealkylation sites (tertiary alicyclic amines) is 1. The number of nitrogens with one attached hydrogen (secondary N) is 3. The van der Waals surface area contributed by atoms with Crippen LogP contribution in [0.1, 0.15) is 44.1 Å². The Bertz CT molecular complexity index is 1870. The summed E-state index contributed by atoms with van der Waals surface area (Å²) < 4.78 is 7.40. The summed E-state index contributed by atoms with van der Waals surface area (Å²) in [7, 11) is 3.41. The molecule has 0 bridgehead atoms. The Morgan fingerprint density at radius 3 is 2.44 bits per heavy atom. The smallest absolute Gasteiger partial charge is 0.276 e. The van der Waals surface area contributed by atoms with Gasteiger partial charge in [-0.1, -0.05) is 11.6 Å². The number of H-pyrrole nitrogens is 1. The average Bonchev–Trinajstić information content (AvgIpc) is 3.60. The van der Waals surface area contributed by atoms with Crippen molar-refractivity contribution in [3.8, 4) is 16.9 Å². The van der Waals surface area contributed by atoms with Gasteiger partial charge in [-0.25, -0.2) is 4.98 Å². The van der Waals surface area contributed by atoms with Crippen molar-refractivity contribution in [2.45, 2.75) is 51.1 Å². The molecule has 13 heteroatoms. The standard InChI is InChI=1S/C35H41ClN8O4/c1-42-19-26(25-18-38-41-33(25)35(42)47)23-15-28(36)27(30(16-23)48-2)20-43-11-7-21(8-12-43)22-9-13-44(14-10-22)24-3-5-31(37-17-24)39-29-4-6-32(45)40-34(29)46/h3,5,15-19,21-22,29H,4,6-14,20H2,1-2H3,(H,37,39)(H,38,41)(H,40,45,46). The van der Waals surface area contributed by atoms with E-state index in [1.165, 1.54) is 12.8 Å². The second kappa shape index (κ2) is 13.6. The lowest BCUT2D eigenvalue weighted by Crippen LogP contribution is -2.47. The molecule has 3 fully saturated rings. The fourth-order valence-corrected chi connectivity index (χ4v) is 7.86. The normalized spacial score (nSPS) is 19.9. The number of carbonyl (C=O) groups excluding carboxylic acids is 2. The summed E-state index contributed by atoms with van der Waals surface area (Å²) in [5, 5.41) is 13.9. The molecule has 0 aliphatic carbocycles. The van der Waals surface area contributed by atoms with Gasteiger partial charge < -0.3 is 19.5 Å². The van der Waals surface area contributed by atoms with E-state index in [9.17, 15) is 14.4 Å². The highest BCUT2D eigenvalue weighted by molar-refractivity contribution is 6.32. The maximum atomic E-state index is 12.5. The topological polar surface area (TPSA) is 137 Å². The number of amides is 2. The number of piperidine rings is 3. The predicted molar refractivity (Wildman–Crippen MR) is 185 cm³/mol. The Morgan fingerprint density at radius 2 is 1.75 bits per heavy atom. The zero-order valence-corrected chi connectivity index (χ0v) is 28.1. The maximum Gasteiger partial charge on any atom is 0.276 e. The zero-order valence-electron chi connectivity index (χ0n) is 27.3. The van der Waals surface area contributed by atoms with Crippen LogP contribution in [0.2, 0.25) is 5.02 Å². The first-order chi connectivity index (χ1) is 23.3. The van der Waals surface area contributed by atoms with Gasteiger partial charge in [-0.2, -0.15) is 5.10 Å². The van der Waals surface area contributed by atoms with Crippen LogP contribution in [0.5, 0.6) is 5.75 Å². The minimum absolute atomic E-state index is 0.125. The number of hydrogen-bond donors (Lipinski definition) is 3. The molecule has 3 aliphatic heterocycles. The van der Waals surface area contributed by atoms with E-state index in [0.717, 1.165) is 79.1 Å². The van der Waals surface area contributed by atoms with Crippen LogP contribution >= 0.6 is 11.6 Å². The molecule has 1 unspecified atom stereocenters. The van der Waals surface area contributed by atoms with Crippen molar-refractivity contribution in [3.05, 3.63) is 63.8 Å². The van der Waals surface area contributed by atoms with E-state index in [-0.39, 0.29) is 17.4 Å². The molecule has 7 rings (SSSR count). The van der Waals surface area contributed by atoms with Crippen LogP contribution in [-0.2, 0) is 23.2 Å². The summed E-state index contributed by atoms with van der Waals surface area (Å²) in [5.41, 5.74) is 4.17. The molecule has 252 valence electrons. The number of aromatic nitrogens is 4. The molecule has 2 amide bonds. The van der Waals surface area contributed by atoms with E-state index in [1.54, 1.807) is 24.9 Å². The number of benzene rings is 1. The number of methoxy groups -OCH3 is 1. The quantitative estimate of drug-likeness (QED) is 0.234. The van der Waals surface area contributed by atoms with Crippen molar-refractivity contribution < 1.29 is 14.3 Å². The second-order valence-corrected chi connectivity index (χ2v) is 13.7. The monoisotopic (exact) mass is 672 g/mol. The van der Waals surface area contributed by atoms with Gasteiger partial charge in [0.25, 0.3) is 5.56 Å². The lowest BCUT2D eigenvalue weighted by molar-refractivity contribution is -0.133. The number of ether oxygens (including phenoxy) is 1. The third kappa shape index (κ3) is 6.51. The van der Waals surface area contributed by atoms with E-state index in [4.69, 9.17) is 16.3 Å². The van der Waals surface area contributed by atoms with Gasteiger partial charge in [0, 0.05) is 60.8 Å². The Hall–Kier alpha value is -4.42. The maximum absolute atomic E-state index is 12.5. The number of aryl methyl sites for hydroxylation is 1. The highest BCUT2D eigenvalue weighted by Crippen LogP contribution is 2.38. The summed E-state index contributed by atoms with van der Waals surface area (Å²) in [6.07, 6.45) is 10.8. The number of pyridine rings is 2. The van der Waals surface area contributed by atoms with Crippen molar-refractivity contribution in [2.24, 2.45) is 18.9 Å². The Balaban J connectivity index is 0.922. The van der Waals surface area contributed by atoms with Crippen LogP contribution < -0.4 is 25.8 Å². The summed E-state index contributed by atoms with van der Waals surface area (Å²) in [5.74, 6) is 2.29. The molecule has 48 heavy (non-hydrogen) atoms. The third-order valence-corrected chi connectivity index (χ3v) is 10.7. The summed E-state index contributed by atoms with van der Waals surface area (Å²) in [6.45, 7) is 4.78. The van der Waals surface area contributed by atoms with Gasteiger partial charge in [-0.05, 0) is 86.9 Å². The van der Waals surface area contributed by atoms with Crippen molar-refractivity contribution in [1.82, 2.24) is 30.0 Å². The second-order valence-electron chi connectivity index (χ2n) is 13.2. The highest BCUT2D eigenvalue weighted by Gasteiger charge is 2.31. The van der Waals surface area contributed by atoms with Crippen LogP contribution in [0.15, 0.2) is 47.7 Å². The number of imide groups is 1. The molecule has 1 atom stereocenters. The highest BCUT2D eigenvalue weighted by atomic mass is 35.5. The molecule has 3 aromatic heterocycles. The molecule has 4 aromatic rings. The lowest BCUT2D eigenvalue weighted by Gasteiger charge is -2.41. The summed E-state index contributed by atoms with van der Waals surface area (Å²) >= 11 is 6.92. The first kappa shape index (κ1) is 32.1. The number of nitrogens with zero attached hydrogens (tertiary/aromatic N) is 5. The predicted octanol–water partition coefficient (Wildman–Crippen LogP) is 4.33. The van der Waals surface area contributed by atoms with Gasteiger partial charge in [0.1, 0.15) is 23.1 Å². The number of anilines is 2. The van der Waals surface area contributed by atoms with E-state index < -0.39 is 6.04 Å². The molecule has 0 saturated carbocycles. The van der Waals surface area contributed by atoms with Crippen molar-refractivity contribution in [3.63, 3.8) is 0 Å². The minimum Gasteiger partial charge on any atom is -0.496 e. The molecular formula is C35H41ClN8O4. The molecular weight excluding hydrogens is 632 g/mol. The SMILES string of the molecule is COc1cc(-c2cn(C)c(=O)c3[nH]ncc23)cc(Cl)c1CN1CCC(C2CCN(c3ccc(NC4CCC(=O)NC4=O)nc3)CC2)CC1. The van der Waals surface area contributed by atoms with E-state index in [0.29, 0.717) is 41.0 Å². The lowest BCUT2D eigenvalue weighted by atomic mass is 9.78. The number of aromatic amines is 1. The van der Waals surface area contributed by atoms with Crippen LogP contribution in [0.3, 0.4) is 0 Å². The molecule has 0 radical (unpaired) electrons. The van der Waals surface area contributed by atoms with Gasteiger partial charge in [0.2, 0.25) is 11.8 Å². The summed E-state index contributed by atoms with van der Waals surface area (Å²) in [4.78, 5) is 45.4. The molecule has 3 saturated heterocycles. The Labute approximate surface area is 283 Å². The van der Waals surface area contributed by atoms with E-state index in [1.807, 2.05) is 30.6 Å². The number of hydrogen-bond acceptors (Lipinski definition) is 9. The van der Waals surface area contributed by atoms with Crippen LogP contribution in [0.4, 0.5) is 11.5 Å². The van der Waals surface area contributed by atoms with Gasteiger partial charge in [-0.3, -0.25) is 29.7 Å². The van der Waals surface area contributed by atoms with Crippen LogP contribution in [0.25, 0.3) is 22.0 Å². The third-order valence-electron chi connectivity index (χ3n) is 10.4. The minimum atomic E-state index is -0.435. The van der Waals surface area contributed by atoms with Gasteiger partial charge in [0.15, 0.2) is 0 Å². The molecule has 3 N–H and O–H groups in total. The molecule has 3 aliphatic rings. The van der Waals surface area contributed by atoms with Crippen LogP contribution in [-0.4, -0.2) is 75.8 Å². The number of halogens is 1. The molecule has 0 spiro atoms. The number of carbonyl (C=O) groups is 2. The van der Waals surface area contributed by atoms with Gasteiger partial charge >= 0.3 is 0 Å². The fourth-order valence-electron chi connectivity index (χ4n) is 7.59. The molecule has 6 heterocycles. The van der Waals surface area contributed by atoms with Crippen molar-refractivity contribution in [2.75, 3.05) is 43.5 Å². The fraction of sp³-hybridized carbons (Fsp3) is 0.457. The first-order valence-electron chi connectivity index (χ1n) is 16.7. The number of rotatable bonds is 8. The van der Waals surface area contributed by atoms with E-state index in [2.05, 4.69) is 41.7 Å². The average molecular weight is 673 g/mol.